The average molecular weight is 242 g/mol. The molecular formula is C11H18N2O4. The number of carbonyl (C=O) groups is 2. The molecule has 0 radical (unpaired) electrons. The Labute approximate surface area is 99.9 Å². The highest BCUT2D eigenvalue weighted by molar-refractivity contribution is 5.83. The molecule has 1 aliphatic rings. The van der Waals surface area contributed by atoms with Crippen LogP contribution in [0.4, 0.5) is 4.79 Å². The Morgan fingerprint density at radius 3 is 2.82 bits per heavy atom. The fraction of sp³-hybridized carbons (Fsp3) is 0.636. The second-order valence-corrected chi connectivity index (χ2v) is 4.27. The first kappa shape index (κ1) is 13.5. The number of aliphatic hydroxyl groups is 1. The van der Waals surface area contributed by atoms with Gasteiger partial charge in [0.05, 0.1) is 6.10 Å². The Balaban J connectivity index is 2.61. The van der Waals surface area contributed by atoms with Crippen LogP contribution in [0.25, 0.3) is 0 Å². The van der Waals surface area contributed by atoms with Crippen molar-refractivity contribution in [1.82, 2.24) is 10.2 Å². The predicted molar refractivity (Wildman–Crippen MR) is 61.6 cm³/mol. The summed E-state index contributed by atoms with van der Waals surface area (Å²) < 4.78 is 0. The maximum atomic E-state index is 11.8. The Hall–Kier alpha value is -1.56. The molecule has 1 fully saturated rings. The van der Waals surface area contributed by atoms with E-state index in [2.05, 4.69) is 11.9 Å². The lowest BCUT2D eigenvalue weighted by Crippen LogP contribution is -2.48. The summed E-state index contributed by atoms with van der Waals surface area (Å²) in [5.41, 5.74) is 0. The number of likely N-dealkylation sites (tertiary alicyclic amines) is 1. The van der Waals surface area contributed by atoms with Gasteiger partial charge < -0.3 is 20.4 Å². The van der Waals surface area contributed by atoms with Crippen LogP contribution in [0, 0.1) is 0 Å². The molecule has 1 aliphatic heterocycles. The normalized spacial score (nSPS) is 25.4. The minimum Gasteiger partial charge on any atom is -0.480 e. The van der Waals surface area contributed by atoms with Crippen molar-refractivity contribution in [3.63, 3.8) is 0 Å². The lowest BCUT2D eigenvalue weighted by Gasteiger charge is -2.23. The maximum Gasteiger partial charge on any atom is 0.326 e. The van der Waals surface area contributed by atoms with Gasteiger partial charge in [-0.25, -0.2) is 9.59 Å². The van der Waals surface area contributed by atoms with Crippen molar-refractivity contribution in [3.05, 3.63) is 12.7 Å². The van der Waals surface area contributed by atoms with E-state index in [0.29, 0.717) is 6.42 Å². The monoisotopic (exact) mass is 242 g/mol. The molecule has 17 heavy (non-hydrogen) atoms. The summed E-state index contributed by atoms with van der Waals surface area (Å²) >= 11 is 0. The molecule has 0 aromatic heterocycles. The minimum atomic E-state index is -1.09. The molecule has 1 heterocycles. The Kier molecular flexibility index (Phi) is 4.51. The van der Waals surface area contributed by atoms with Crippen LogP contribution in [0.2, 0.25) is 0 Å². The second-order valence-electron chi connectivity index (χ2n) is 4.27. The van der Waals surface area contributed by atoms with Crippen LogP contribution in [-0.2, 0) is 4.79 Å². The number of nitrogens with one attached hydrogen (secondary N) is 1. The molecule has 2 unspecified atom stereocenters. The number of aliphatic carboxylic acids is 1. The van der Waals surface area contributed by atoms with Crippen LogP contribution in [0.15, 0.2) is 12.7 Å². The number of aliphatic hydroxyl groups excluding tert-OH is 1. The number of nitrogens with zero attached hydrogens (tertiary/aromatic N) is 1. The molecule has 0 aliphatic carbocycles. The van der Waals surface area contributed by atoms with E-state index in [9.17, 15) is 14.7 Å². The van der Waals surface area contributed by atoms with E-state index >= 15 is 0 Å². The summed E-state index contributed by atoms with van der Waals surface area (Å²) in [6.45, 7) is 5.43. The summed E-state index contributed by atoms with van der Waals surface area (Å²) in [6.07, 6.45) is 1.60. The molecule has 3 atom stereocenters. The maximum absolute atomic E-state index is 11.8. The standard InChI is InChI=1S/C11H18N2O4/c1-3-4-7(2)12-11(17)13-6-8(14)5-9(13)10(15)16/h3,7-9,14H,1,4-6H2,2H3,(H,12,17)(H,15,16)/t7?,8?,9-/m0/s1. The van der Waals surface area contributed by atoms with E-state index in [0.717, 1.165) is 4.90 Å². The number of β-amino-alcohol motifs (C(OH)–C–C–N with tert-alkyl or cyclic N) is 1. The van der Waals surface area contributed by atoms with Crippen LogP contribution in [-0.4, -0.2) is 51.8 Å². The van der Waals surface area contributed by atoms with Crippen LogP contribution in [0.1, 0.15) is 19.8 Å². The van der Waals surface area contributed by atoms with Gasteiger partial charge in [0, 0.05) is 19.0 Å². The Bertz CT molecular complexity index is 319. The van der Waals surface area contributed by atoms with Crippen molar-refractivity contribution in [2.24, 2.45) is 0 Å². The zero-order chi connectivity index (χ0) is 13.0. The molecule has 96 valence electrons. The molecule has 0 spiro atoms. The summed E-state index contributed by atoms with van der Waals surface area (Å²) in [7, 11) is 0. The number of urea groups is 1. The van der Waals surface area contributed by atoms with Gasteiger partial charge in [0.1, 0.15) is 6.04 Å². The quantitative estimate of drug-likeness (QED) is 0.613. The van der Waals surface area contributed by atoms with Gasteiger partial charge >= 0.3 is 12.0 Å². The third-order valence-electron chi connectivity index (χ3n) is 2.72. The van der Waals surface area contributed by atoms with Crippen LogP contribution < -0.4 is 5.32 Å². The van der Waals surface area contributed by atoms with Gasteiger partial charge in [-0.1, -0.05) is 6.08 Å². The van der Waals surface area contributed by atoms with E-state index in [1.807, 2.05) is 6.92 Å². The molecule has 6 heteroatoms. The highest BCUT2D eigenvalue weighted by Gasteiger charge is 2.39. The zero-order valence-electron chi connectivity index (χ0n) is 9.80. The number of hydrogen-bond donors (Lipinski definition) is 3. The van der Waals surface area contributed by atoms with Gasteiger partial charge in [-0.15, -0.1) is 6.58 Å². The third-order valence-corrected chi connectivity index (χ3v) is 2.72. The number of amides is 2. The SMILES string of the molecule is C=CCC(C)NC(=O)N1CC(O)C[C@H]1C(=O)O. The number of carbonyl (C=O) groups excluding carboxylic acids is 1. The molecule has 1 saturated heterocycles. The summed E-state index contributed by atoms with van der Waals surface area (Å²) in [6, 6.07) is -1.50. The number of rotatable bonds is 4. The first-order valence-electron chi connectivity index (χ1n) is 5.54. The van der Waals surface area contributed by atoms with E-state index in [4.69, 9.17) is 5.11 Å². The molecule has 0 aromatic rings. The Morgan fingerprint density at radius 2 is 2.29 bits per heavy atom. The first-order valence-corrected chi connectivity index (χ1v) is 5.54. The van der Waals surface area contributed by atoms with Crippen LogP contribution >= 0.6 is 0 Å². The zero-order valence-corrected chi connectivity index (χ0v) is 9.80. The van der Waals surface area contributed by atoms with Gasteiger partial charge in [0.2, 0.25) is 0 Å². The second kappa shape index (κ2) is 5.67. The Morgan fingerprint density at radius 1 is 1.65 bits per heavy atom. The first-order chi connectivity index (χ1) is 7.95. The summed E-state index contributed by atoms with van der Waals surface area (Å²) in [5, 5.41) is 21.0. The molecule has 6 nitrogen and oxygen atoms in total. The highest BCUT2D eigenvalue weighted by atomic mass is 16.4. The van der Waals surface area contributed by atoms with Gasteiger partial charge in [-0.2, -0.15) is 0 Å². The predicted octanol–water partition coefficient (Wildman–Crippen LogP) is 0.180. The fourth-order valence-corrected chi connectivity index (χ4v) is 1.87. The number of hydrogen-bond acceptors (Lipinski definition) is 3. The molecule has 3 N–H and O–H groups in total. The molecular weight excluding hydrogens is 224 g/mol. The third kappa shape index (κ3) is 3.45. The number of carboxylic acid groups (broad SMARTS) is 1. The summed E-state index contributed by atoms with van der Waals surface area (Å²) in [5.74, 6) is -1.09. The smallest absolute Gasteiger partial charge is 0.326 e. The van der Waals surface area contributed by atoms with Crippen molar-refractivity contribution >= 4 is 12.0 Å². The van der Waals surface area contributed by atoms with E-state index < -0.39 is 24.1 Å². The topological polar surface area (TPSA) is 89.9 Å². The van der Waals surface area contributed by atoms with Crippen molar-refractivity contribution in [3.8, 4) is 0 Å². The molecule has 0 bridgehead atoms. The highest BCUT2D eigenvalue weighted by Crippen LogP contribution is 2.18. The largest absolute Gasteiger partial charge is 0.480 e. The van der Waals surface area contributed by atoms with E-state index in [1.165, 1.54) is 0 Å². The van der Waals surface area contributed by atoms with Gasteiger partial charge in [0.15, 0.2) is 0 Å². The average Bonchev–Trinajstić information content (AvgIpc) is 2.60. The van der Waals surface area contributed by atoms with Crippen molar-refractivity contribution < 1.29 is 19.8 Å². The number of carboxylic acids is 1. The molecule has 2 amide bonds. The van der Waals surface area contributed by atoms with Gasteiger partial charge in [-0.05, 0) is 13.3 Å². The summed E-state index contributed by atoms with van der Waals surface area (Å²) in [4.78, 5) is 23.9. The van der Waals surface area contributed by atoms with Crippen molar-refractivity contribution in [2.75, 3.05) is 6.54 Å². The van der Waals surface area contributed by atoms with Crippen LogP contribution in [0.5, 0.6) is 0 Å². The van der Waals surface area contributed by atoms with Crippen LogP contribution in [0.3, 0.4) is 0 Å². The molecule has 1 rings (SSSR count). The molecule has 0 saturated carbocycles. The van der Waals surface area contributed by atoms with Crippen molar-refractivity contribution in [2.45, 2.75) is 38.0 Å². The lowest BCUT2D eigenvalue weighted by molar-refractivity contribution is -0.141. The van der Waals surface area contributed by atoms with Gasteiger partial charge in [0.25, 0.3) is 0 Å². The lowest BCUT2D eigenvalue weighted by atomic mass is 10.2. The van der Waals surface area contributed by atoms with E-state index in [-0.39, 0.29) is 19.0 Å². The molecule has 0 aromatic carbocycles. The van der Waals surface area contributed by atoms with E-state index in [1.54, 1.807) is 6.08 Å². The fourth-order valence-electron chi connectivity index (χ4n) is 1.87. The van der Waals surface area contributed by atoms with Crippen molar-refractivity contribution in [1.29, 1.82) is 0 Å². The van der Waals surface area contributed by atoms with Gasteiger partial charge in [-0.3, -0.25) is 0 Å². The minimum absolute atomic E-state index is 0.0591.